The summed E-state index contributed by atoms with van der Waals surface area (Å²) in [6.45, 7) is 0. The van der Waals surface area contributed by atoms with Gasteiger partial charge in [0, 0.05) is 0 Å². The summed E-state index contributed by atoms with van der Waals surface area (Å²) < 4.78 is 25.3. The van der Waals surface area contributed by atoms with E-state index in [0.29, 0.717) is 0 Å². The Morgan fingerprint density at radius 1 is 1.62 bits per heavy atom. The van der Waals surface area contributed by atoms with Gasteiger partial charge in [-0.15, -0.1) is 0 Å². The molecule has 0 aliphatic carbocycles. The van der Waals surface area contributed by atoms with Gasteiger partial charge in [0.15, 0.2) is 0 Å². The molecule has 0 saturated heterocycles. The van der Waals surface area contributed by atoms with E-state index in [1.165, 1.54) is 0 Å². The van der Waals surface area contributed by atoms with Crippen LogP contribution in [0.3, 0.4) is 0 Å². The molecular formula is HBrKNaO3S2. The maximum absolute atomic E-state index is 9.00. The van der Waals surface area contributed by atoms with E-state index >= 15 is 0 Å². The van der Waals surface area contributed by atoms with Crippen LogP contribution in [0.2, 0.25) is 0 Å². The van der Waals surface area contributed by atoms with Gasteiger partial charge in [-0.2, -0.15) is 0 Å². The number of hydrogen-bond acceptors (Lipinski definition) is 3. The molecule has 0 radical (unpaired) electrons. The summed E-state index contributed by atoms with van der Waals surface area (Å²) >= 11 is 3.35. The predicted octanol–water partition coefficient (Wildman–Crippen LogP) is -9.65. The minimum Gasteiger partial charge on any atom is -1.00 e. The van der Waals surface area contributed by atoms with Crippen LogP contribution in [0.15, 0.2) is 0 Å². The van der Waals surface area contributed by atoms with Crippen LogP contribution in [0, 0.1) is 0 Å². The third-order valence-corrected chi connectivity index (χ3v) is 0. The second-order valence-corrected chi connectivity index (χ2v) is 2.55. The van der Waals surface area contributed by atoms with Gasteiger partial charge in [-0.25, -0.2) is 4.21 Å². The van der Waals surface area contributed by atoms with Crippen molar-refractivity contribution in [1.29, 1.82) is 0 Å². The van der Waals surface area contributed by atoms with E-state index in [-0.39, 0.29) is 97.9 Å². The molecular weight excluding hydrogens is 254 g/mol. The molecule has 1 atom stereocenters. The molecule has 0 aromatic heterocycles. The molecule has 0 aliphatic rings. The predicted molar refractivity (Wildman–Crippen MR) is 18.9 cm³/mol. The van der Waals surface area contributed by atoms with Crippen molar-refractivity contribution in [3.8, 4) is 0 Å². The van der Waals surface area contributed by atoms with Crippen LogP contribution in [-0.4, -0.2) is 13.3 Å². The van der Waals surface area contributed by atoms with Crippen molar-refractivity contribution in [3.63, 3.8) is 0 Å². The normalized spacial score (nSPS) is 13.2. The Bertz CT molecular complexity index is 100. The standard InChI is InChI=1S/BrH.K.Na.H2O3S2/c;;;1-5(2,3)4/h1H;;;(H2,1,2,3,4)/q;2*+1;/p-2. The molecule has 8 heteroatoms. The Labute approximate surface area is 128 Å². The number of halogens is 1. The van der Waals surface area contributed by atoms with Crippen molar-refractivity contribution in [2.45, 2.75) is 0 Å². The Hall–Kier alpha value is 3.41. The van der Waals surface area contributed by atoms with Crippen molar-refractivity contribution in [3.05, 3.63) is 0 Å². The first-order valence-corrected chi connectivity index (χ1v) is 3.05. The third kappa shape index (κ3) is 57.3. The number of hydrogen-bond donors (Lipinski definition) is 1. The monoisotopic (exact) mass is 254 g/mol. The zero-order valence-electron chi connectivity index (χ0n) is 4.46. The van der Waals surface area contributed by atoms with Crippen molar-refractivity contribution in [2.75, 3.05) is 0 Å². The smallest absolute Gasteiger partial charge is 1.00 e. The fourth-order valence-electron chi connectivity index (χ4n) is 0. The molecule has 0 saturated carbocycles. The third-order valence-electron chi connectivity index (χ3n) is 0. The SMILES string of the molecule is O=S([O-])(O)=S.[Br-].[K+].[Na+]. The molecule has 0 heterocycles. The van der Waals surface area contributed by atoms with Crippen LogP contribution in [0.25, 0.3) is 0 Å². The molecule has 0 aromatic carbocycles. The van der Waals surface area contributed by atoms with E-state index in [9.17, 15) is 0 Å². The van der Waals surface area contributed by atoms with E-state index in [1.807, 2.05) is 0 Å². The van der Waals surface area contributed by atoms with Crippen molar-refractivity contribution < 1.29 is 111 Å². The summed E-state index contributed by atoms with van der Waals surface area (Å²) in [6, 6.07) is 0. The molecule has 0 spiro atoms. The van der Waals surface area contributed by atoms with E-state index in [0.717, 1.165) is 0 Å². The topological polar surface area (TPSA) is 60.4 Å². The van der Waals surface area contributed by atoms with Gasteiger partial charge in [-0.05, 0) is 11.2 Å². The number of rotatable bonds is 0. The molecule has 1 unspecified atom stereocenters. The van der Waals surface area contributed by atoms with Gasteiger partial charge in [-0.1, -0.05) is 0 Å². The molecule has 0 rings (SSSR count). The minimum atomic E-state index is -4.08. The summed E-state index contributed by atoms with van der Waals surface area (Å²) in [5.74, 6) is 0. The molecule has 1 N–H and O–H groups in total. The summed E-state index contributed by atoms with van der Waals surface area (Å²) in [5.41, 5.74) is 0. The Balaban J connectivity index is -0.0000000267. The van der Waals surface area contributed by atoms with Gasteiger partial charge in [0.05, 0.1) is 9.05 Å². The summed E-state index contributed by atoms with van der Waals surface area (Å²) in [7, 11) is -4.08. The zero-order valence-corrected chi connectivity index (χ0v) is 12.8. The van der Waals surface area contributed by atoms with Gasteiger partial charge >= 0.3 is 80.9 Å². The van der Waals surface area contributed by atoms with Crippen LogP contribution in [0.4, 0.5) is 0 Å². The molecule has 0 aliphatic heterocycles. The molecule has 0 bridgehead atoms. The fraction of sp³-hybridized carbons (Fsp3) is 0. The Morgan fingerprint density at radius 2 is 1.62 bits per heavy atom. The molecule has 40 valence electrons. The van der Waals surface area contributed by atoms with Crippen LogP contribution in [-0.2, 0) is 20.2 Å². The molecule has 3 nitrogen and oxygen atoms in total. The van der Waals surface area contributed by atoms with E-state index in [4.69, 9.17) is 13.3 Å². The van der Waals surface area contributed by atoms with E-state index in [1.54, 1.807) is 0 Å². The van der Waals surface area contributed by atoms with Crippen LogP contribution in [0.1, 0.15) is 0 Å². The fourth-order valence-corrected chi connectivity index (χ4v) is 0. The van der Waals surface area contributed by atoms with Crippen molar-refractivity contribution in [1.82, 2.24) is 0 Å². The quantitative estimate of drug-likeness (QED) is 0.437. The maximum atomic E-state index is 9.00. The van der Waals surface area contributed by atoms with Gasteiger partial charge in [0.2, 0.25) is 0 Å². The summed E-state index contributed by atoms with van der Waals surface area (Å²) in [6.07, 6.45) is 0. The van der Waals surface area contributed by atoms with Gasteiger partial charge < -0.3 is 26.1 Å². The summed E-state index contributed by atoms with van der Waals surface area (Å²) in [5, 5.41) is 0. The zero-order chi connectivity index (χ0) is 4.50. The van der Waals surface area contributed by atoms with Crippen molar-refractivity contribution >= 4 is 20.2 Å². The first kappa shape index (κ1) is 22.5. The van der Waals surface area contributed by atoms with Crippen LogP contribution in [0.5, 0.6) is 0 Å². The molecule has 8 heavy (non-hydrogen) atoms. The molecule has 0 fully saturated rings. The minimum absolute atomic E-state index is 0. The van der Waals surface area contributed by atoms with E-state index < -0.39 is 9.05 Å². The Morgan fingerprint density at radius 3 is 1.62 bits per heavy atom. The van der Waals surface area contributed by atoms with Crippen LogP contribution < -0.4 is 97.9 Å². The van der Waals surface area contributed by atoms with Crippen LogP contribution >= 0.6 is 0 Å². The van der Waals surface area contributed by atoms with E-state index in [2.05, 4.69) is 11.2 Å². The average molecular weight is 255 g/mol. The Kier molecular flexibility index (Phi) is 29.3. The largest absolute Gasteiger partial charge is 1.00 e. The second kappa shape index (κ2) is 10.4. The first-order valence-electron chi connectivity index (χ1n) is 0.683. The molecule has 0 aromatic rings. The first-order chi connectivity index (χ1) is 2.00. The van der Waals surface area contributed by atoms with Crippen molar-refractivity contribution in [2.24, 2.45) is 0 Å². The van der Waals surface area contributed by atoms with Gasteiger partial charge in [0.1, 0.15) is 0 Å². The van der Waals surface area contributed by atoms with Gasteiger partial charge in [0.25, 0.3) is 0 Å². The average Bonchev–Trinajstić information content (AvgIpc) is 0.722. The maximum Gasteiger partial charge on any atom is 1.00 e. The second-order valence-electron chi connectivity index (χ2n) is 0.428. The molecule has 0 amide bonds. The van der Waals surface area contributed by atoms with Gasteiger partial charge in [-0.3, -0.25) is 0 Å². The summed E-state index contributed by atoms with van der Waals surface area (Å²) in [4.78, 5) is 0.